The van der Waals surface area contributed by atoms with Gasteiger partial charge in [-0.15, -0.1) is 10.2 Å². The van der Waals surface area contributed by atoms with Gasteiger partial charge in [0.25, 0.3) is 5.91 Å². The van der Waals surface area contributed by atoms with Crippen LogP contribution in [-0.4, -0.2) is 39.0 Å². The Morgan fingerprint density at radius 1 is 1.11 bits per heavy atom. The van der Waals surface area contributed by atoms with Crippen molar-refractivity contribution >= 4 is 17.5 Å². The van der Waals surface area contributed by atoms with Crippen LogP contribution in [0.3, 0.4) is 0 Å². The second-order valence-corrected chi connectivity index (χ2v) is 7.15. The van der Waals surface area contributed by atoms with E-state index in [0.29, 0.717) is 18.5 Å². The van der Waals surface area contributed by atoms with Crippen molar-refractivity contribution in [2.24, 2.45) is 5.92 Å². The predicted octanol–water partition coefficient (Wildman–Crippen LogP) is 2.15. The maximum Gasteiger partial charge on any atom is 0.251 e. The molecule has 2 N–H and O–H groups in total. The molecule has 0 aliphatic heterocycles. The first kappa shape index (κ1) is 19.5. The van der Waals surface area contributed by atoms with Crippen molar-refractivity contribution in [3.8, 4) is 0 Å². The van der Waals surface area contributed by atoms with Gasteiger partial charge in [-0.3, -0.25) is 14.0 Å². The van der Waals surface area contributed by atoms with Crippen molar-refractivity contribution in [2.75, 3.05) is 6.54 Å². The molecule has 0 aliphatic carbocycles. The number of rotatable bonds is 7. The summed E-state index contributed by atoms with van der Waals surface area (Å²) in [6.45, 7) is 6.16. The first-order valence-electron chi connectivity index (χ1n) is 9.39. The maximum absolute atomic E-state index is 12.6. The topological polar surface area (TPSA) is 88.4 Å². The van der Waals surface area contributed by atoms with Crippen LogP contribution in [0, 0.1) is 12.8 Å². The Kier molecular flexibility index (Phi) is 6.03. The molecule has 2 heterocycles. The van der Waals surface area contributed by atoms with Gasteiger partial charge in [0, 0.05) is 24.7 Å². The fourth-order valence-corrected chi connectivity index (χ4v) is 3.01. The van der Waals surface area contributed by atoms with Crippen LogP contribution in [0.4, 0.5) is 0 Å². The molecular formula is C21H25N5O2. The van der Waals surface area contributed by atoms with Gasteiger partial charge in [-0.2, -0.15) is 0 Å². The highest BCUT2D eigenvalue weighted by Gasteiger charge is 2.24. The molecule has 2 amide bonds. The third kappa shape index (κ3) is 4.54. The molecular weight excluding hydrogens is 354 g/mol. The molecule has 1 unspecified atom stereocenters. The first-order valence-corrected chi connectivity index (χ1v) is 9.39. The summed E-state index contributed by atoms with van der Waals surface area (Å²) in [6, 6.07) is 12.4. The molecule has 0 bridgehead atoms. The number of fused-ring (bicyclic) bond motifs is 1. The lowest BCUT2D eigenvalue weighted by molar-refractivity contribution is -0.123. The maximum atomic E-state index is 12.6. The van der Waals surface area contributed by atoms with Crippen LogP contribution >= 0.6 is 0 Å². The molecule has 3 aromatic rings. The van der Waals surface area contributed by atoms with Crippen molar-refractivity contribution in [1.82, 2.24) is 25.2 Å². The molecule has 7 nitrogen and oxygen atoms in total. The molecule has 0 aliphatic rings. The first-order chi connectivity index (χ1) is 13.5. The summed E-state index contributed by atoms with van der Waals surface area (Å²) in [4.78, 5) is 25.2. The highest BCUT2D eigenvalue weighted by Crippen LogP contribution is 2.08. The summed E-state index contributed by atoms with van der Waals surface area (Å²) in [5.41, 5.74) is 2.32. The minimum absolute atomic E-state index is 0.0392. The van der Waals surface area contributed by atoms with Gasteiger partial charge in [0.1, 0.15) is 11.9 Å². The largest absolute Gasteiger partial charge is 0.354 e. The zero-order valence-corrected chi connectivity index (χ0v) is 16.3. The predicted molar refractivity (Wildman–Crippen MR) is 107 cm³/mol. The van der Waals surface area contributed by atoms with Crippen LogP contribution < -0.4 is 10.6 Å². The van der Waals surface area contributed by atoms with Gasteiger partial charge in [0.2, 0.25) is 5.91 Å². The second-order valence-electron chi connectivity index (χ2n) is 7.15. The van der Waals surface area contributed by atoms with E-state index in [2.05, 4.69) is 20.8 Å². The lowest BCUT2D eigenvalue weighted by Crippen LogP contribution is -2.50. The highest BCUT2D eigenvalue weighted by molar-refractivity contribution is 5.97. The number of aromatic nitrogens is 3. The SMILES string of the molecule is Cc1cccc(C(=O)NC(C(=O)NCCc2nnc3ccccn23)C(C)C)c1. The van der Waals surface area contributed by atoms with E-state index in [1.54, 1.807) is 12.1 Å². The van der Waals surface area contributed by atoms with E-state index in [-0.39, 0.29) is 17.7 Å². The Balaban J connectivity index is 1.59. The zero-order valence-electron chi connectivity index (χ0n) is 16.3. The molecule has 28 heavy (non-hydrogen) atoms. The molecule has 0 saturated carbocycles. The third-order valence-electron chi connectivity index (χ3n) is 4.55. The Morgan fingerprint density at radius 3 is 2.68 bits per heavy atom. The smallest absolute Gasteiger partial charge is 0.251 e. The fourth-order valence-electron chi connectivity index (χ4n) is 3.01. The van der Waals surface area contributed by atoms with Crippen molar-refractivity contribution in [3.63, 3.8) is 0 Å². The molecule has 0 fully saturated rings. The van der Waals surface area contributed by atoms with Crippen LogP contribution in [0.2, 0.25) is 0 Å². The quantitative estimate of drug-likeness (QED) is 0.658. The number of hydrogen-bond donors (Lipinski definition) is 2. The van der Waals surface area contributed by atoms with Gasteiger partial charge < -0.3 is 10.6 Å². The van der Waals surface area contributed by atoms with Gasteiger partial charge in [-0.05, 0) is 37.1 Å². The van der Waals surface area contributed by atoms with E-state index in [9.17, 15) is 9.59 Å². The molecule has 2 aromatic heterocycles. The molecule has 0 saturated heterocycles. The van der Waals surface area contributed by atoms with Gasteiger partial charge in [0.15, 0.2) is 5.65 Å². The van der Waals surface area contributed by atoms with E-state index >= 15 is 0 Å². The number of aryl methyl sites for hydroxylation is 1. The molecule has 3 rings (SSSR count). The van der Waals surface area contributed by atoms with Crippen LogP contribution in [0.5, 0.6) is 0 Å². The number of amides is 2. The van der Waals surface area contributed by atoms with Gasteiger partial charge in [-0.25, -0.2) is 0 Å². The number of carbonyl (C=O) groups is 2. The van der Waals surface area contributed by atoms with Gasteiger partial charge in [0.05, 0.1) is 0 Å². The summed E-state index contributed by atoms with van der Waals surface area (Å²) in [5, 5.41) is 14.0. The van der Waals surface area contributed by atoms with E-state index in [0.717, 1.165) is 17.0 Å². The number of benzene rings is 1. The number of nitrogens with zero attached hydrogens (tertiary/aromatic N) is 3. The molecule has 7 heteroatoms. The molecule has 0 radical (unpaired) electrons. The summed E-state index contributed by atoms with van der Waals surface area (Å²) in [6.07, 6.45) is 2.44. The summed E-state index contributed by atoms with van der Waals surface area (Å²) in [7, 11) is 0. The Hall–Kier alpha value is -3.22. The van der Waals surface area contributed by atoms with Crippen molar-refractivity contribution < 1.29 is 9.59 Å². The van der Waals surface area contributed by atoms with Crippen LogP contribution in [0.1, 0.15) is 35.6 Å². The number of carbonyl (C=O) groups excluding carboxylic acids is 2. The monoisotopic (exact) mass is 379 g/mol. The average Bonchev–Trinajstić information content (AvgIpc) is 3.09. The van der Waals surface area contributed by atoms with Crippen LogP contribution in [-0.2, 0) is 11.2 Å². The highest BCUT2D eigenvalue weighted by atomic mass is 16.2. The summed E-state index contributed by atoms with van der Waals surface area (Å²) >= 11 is 0. The second kappa shape index (κ2) is 8.65. The lowest BCUT2D eigenvalue weighted by atomic mass is 10.0. The van der Waals surface area contributed by atoms with Crippen molar-refractivity contribution in [3.05, 3.63) is 65.6 Å². The number of nitrogens with one attached hydrogen (secondary N) is 2. The number of pyridine rings is 1. The Labute approximate surface area is 164 Å². The number of hydrogen-bond acceptors (Lipinski definition) is 4. The molecule has 0 spiro atoms. The third-order valence-corrected chi connectivity index (χ3v) is 4.55. The summed E-state index contributed by atoms with van der Waals surface area (Å²) in [5.74, 6) is 0.286. The normalized spacial score (nSPS) is 12.1. The summed E-state index contributed by atoms with van der Waals surface area (Å²) < 4.78 is 1.89. The van der Waals surface area contributed by atoms with Crippen molar-refractivity contribution in [1.29, 1.82) is 0 Å². The van der Waals surface area contributed by atoms with Crippen molar-refractivity contribution in [2.45, 2.75) is 33.2 Å². The van der Waals surface area contributed by atoms with E-state index in [1.807, 2.05) is 61.7 Å². The molecule has 1 atom stereocenters. The van der Waals surface area contributed by atoms with Crippen LogP contribution in [0.15, 0.2) is 48.7 Å². The van der Waals surface area contributed by atoms with Gasteiger partial charge in [-0.1, -0.05) is 37.6 Å². The van der Waals surface area contributed by atoms with E-state index in [1.165, 1.54) is 0 Å². The Bertz CT molecular complexity index is 980. The van der Waals surface area contributed by atoms with E-state index < -0.39 is 6.04 Å². The Morgan fingerprint density at radius 2 is 1.93 bits per heavy atom. The average molecular weight is 379 g/mol. The van der Waals surface area contributed by atoms with Gasteiger partial charge >= 0.3 is 0 Å². The van der Waals surface area contributed by atoms with Crippen LogP contribution in [0.25, 0.3) is 5.65 Å². The lowest BCUT2D eigenvalue weighted by Gasteiger charge is -2.21. The zero-order chi connectivity index (χ0) is 20.1. The minimum atomic E-state index is -0.608. The minimum Gasteiger partial charge on any atom is -0.354 e. The standard InChI is InChI=1S/C21H25N5O2/c1-14(2)19(23-20(27)16-8-6-7-15(3)13-16)21(28)22-11-10-18-25-24-17-9-4-5-12-26(17)18/h4-9,12-14,19H,10-11H2,1-3H3,(H,22,28)(H,23,27). The molecule has 146 valence electrons. The van der Waals surface area contributed by atoms with E-state index in [4.69, 9.17) is 0 Å². The molecule has 1 aromatic carbocycles. The fraction of sp³-hybridized carbons (Fsp3) is 0.333.